The van der Waals surface area contributed by atoms with Crippen LogP contribution in [0.2, 0.25) is 0 Å². The molecular formula is C17H15N3O4. The molecule has 1 aliphatic rings. The lowest BCUT2D eigenvalue weighted by molar-refractivity contribution is -0.384. The van der Waals surface area contributed by atoms with Gasteiger partial charge in [0.15, 0.2) is 5.58 Å². The Balaban J connectivity index is 1.83. The smallest absolute Gasteiger partial charge is 0.296 e. The van der Waals surface area contributed by atoms with Crippen molar-refractivity contribution in [1.29, 1.82) is 0 Å². The fraction of sp³-hybridized carbons (Fsp3) is 0.235. The summed E-state index contributed by atoms with van der Waals surface area (Å²) in [6, 6.07) is 12.7. The highest BCUT2D eigenvalue weighted by Crippen LogP contribution is 2.35. The number of nitro groups is 1. The van der Waals surface area contributed by atoms with Gasteiger partial charge in [-0.1, -0.05) is 18.2 Å². The average Bonchev–Trinajstić information content (AvgIpc) is 3.05. The van der Waals surface area contributed by atoms with Crippen molar-refractivity contribution in [2.75, 3.05) is 31.2 Å². The highest BCUT2D eigenvalue weighted by molar-refractivity contribution is 5.85. The summed E-state index contributed by atoms with van der Waals surface area (Å²) in [5.74, 6) is 0.457. The van der Waals surface area contributed by atoms with Crippen LogP contribution in [0.3, 0.4) is 0 Å². The van der Waals surface area contributed by atoms with Gasteiger partial charge in [0, 0.05) is 18.7 Å². The van der Waals surface area contributed by atoms with E-state index in [9.17, 15) is 10.1 Å². The first-order valence-electron chi connectivity index (χ1n) is 7.69. The van der Waals surface area contributed by atoms with Gasteiger partial charge in [0.25, 0.3) is 5.69 Å². The number of nitro benzene ring substituents is 1. The molecule has 122 valence electrons. The quantitative estimate of drug-likeness (QED) is 0.543. The molecule has 3 aromatic rings. The Labute approximate surface area is 137 Å². The minimum atomic E-state index is -0.380. The van der Waals surface area contributed by atoms with Gasteiger partial charge in [0.2, 0.25) is 5.89 Å². The van der Waals surface area contributed by atoms with Crippen LogP contribution in [0.15, 0.2) is 46.9 Å². The van der Waals surface area contributed by atoms with Gasteiger partial charge in [-0.05, 0) is 18.2 Å². The van der Waals surface area contributed by atoms with Crippen LogP contribution in [-0.2, 0) is 4.74 Å². The summed E-state index contributed by atoms with van der Waals surface area (Å²) in [6.45, 7) is 2.36. The molecule has 0 spiro atoms. The van der Waals surface area contributed by atoms with Gasteiger partial charge in [-0.3, -0.25) is 10.1 Å². The van der Waals surface area contributed by atoms with Gasteiger partial charge in [0.05, 0.1) is 24.2 Å². The third kappa shape index (κ3) is 2.59. The van der Waals surface area contributed by atoms with Crippen molar-refractivity contribution < 1.29 is 14.1 Å². The topological polar surface area (TPSA) is 81.6 Å². The molecule has 2 aromatic carbocycles. The third-order valence-corrected chi connectivity index (χ3v) is 4.05. The van der Waals surface area contributed by atoms with E-state index in [1.807, 2.05) is 35.2 Å². The zero-order chi connectivity index (χ0) is 16.5. The van der Waals surface area contributed by atoms with E-state index in [-0.39, 0.29) is 10.6 Å². The van der Waals surface area contributed by atoms with Crippen molar-refractivity contribution >= 4 is 22.5 Å². The summed E-state index contributed by atoms with van der Waals surface area (Å²) >= 11 is 0. The van der Waals surface area contributed by atoms with E-state index in [1.54, 1.807) is 6.07 Å². The van der Waals surface area contributed by atoms with E-state index < -0.39 is 0 Å². The second-order valence-electron chi connectivity index (χ2n) is 5.55. The third-order valence-electron chi connectivity index (χ3n) is 4.05. The predicted molar refractivity (Wildman–Crippen MR) is 89.1 cm³/mol. The SMILES string of the molecule is O=[N+]([O-])c1cc2oc(-c3ccccc3)nc2cc1N1CCOCC1. The maximum absolute atomic E-state index is 11.5. The van der Waals surface area contributed by atoms with E-state index in [4.69, 9.17) is 9.15 Å². The number of fused-ring (bicyclic) bond motifs is 1. The number of oxazole rings is 1. The molecule has 0 saturated carbocycles. The molecule has 0 atom stereocenters. The minimum absolute atomic E-state index is 0.0279. The Kier molecular flexibility index (Phi) is 3.62. The molecule has 7 heteroatoms. The van der Waals surface area contributed by atoms with Crippen molar-refractivity contribution in [3.63, 3.8) is 0 Å². The van der Waals surface area contributed by atoms with Crippen molar-refractivity contribution in [2.24, 2.45) is 0 Å². The molecule has 2 heterocycles. The van der Waals surface area contributed by atoms with Crippen LogP contribution < -0.4 is 4.90 Å². The van der Waals surface area contributed by atoms with Gasteiger partial charge in [-0.25, -0.2) is 4.98 Å². The van der Waals surface area contributed by atoms with Gasteiger partial charge >= 0.3 is 0 Å². The molecule has 0 unspecified atom stereocenters. The lowest BCUT2D eigenvalue weighted by Crippen LogP contribution is -2.36. The maximum atomic E-state index is 11.5. The van der Waals surface area contributed by atoms with Crippen LogP contribution in [0.4, 0.5) is 11.4 Å². The minimum Gasteiger partial charge on any atom is -0.436 e. The molecule has 1 aromatic heterocycles. The van der Waals surface area contributed by atoms with Gasteiger partial charge in [-0.2, -0.15) is 0 Å². The van der Waals surface area contributed by atoms with E-state index in [0.717, 1.165) is 5.56 Å². The molecule has 0 aliphatic carbocycles. The summed E-state index contributed by atoms with van der Waals surface area (Å²) in [5, 5.41) is 11.5. The molecule has 0 N–H and O–H groups in total. The normalized spacial score (nSPS) is 14.9. The fourth-order valence-electron chi connectivity index (χ4n) is 2.86. The van der Waals surface area contributed by atoms with Gasteiger partial charge in [0.1, 0.15) is 11.2 Å². The molecule has 0 bridgehead atoms. The molecule has 1 aliphatic heterocycles. The Morgan fingerprint density at radius 3 is 2.58 bits per heavy atom. The van der Waals surface area contributed by atoms with Crippen LogP contribution in [0, 0.1) is 10.1 Å². The van der Waals surface area contributed by atoms with Crippen LogP contribution in [0.25, 0.3) is 22.6 Å². The summed E-state index contributed by atoms with van der Waals surface area (Å²) in [6.07, 6.45) is 0. The Bertz CT molecular complexity index is 885. The molecule has 0 radical (unpaired) electrons. The number of anilines is 1. The highest BCUT2D eigenvalue weighted by atomic mass is 16.6. The van der Waals surface area contributed by atoms with Crippen LogP contribution >= 0.6 is 0 Å². The van der Waals surface area contributed by atoms with Crippen LogP contribution in [0.1, 0.15) is 0 Å². The maximum Gasteiger partial charge on any atom is 0.296 e. The number of morpholine rings is 1. The Morgan fingerprint density at radius 1 is 1.12 bits per heavy atom. The number of rotatable bonds is 3. The van der Waals surface area contributed by atoms with E-state index in [0.29, 0.717) is 49.0 Å². The number of hydrogen-bond donors (Lipinski definition) is 0. The number of aromatic nitrogens is 1. The lowest BCUT2D eigenvalue weighted by atomic mass is 10.2. The summed E-state index contributed by atoms with van der Waals surface area (Å²) in [7, 11) is 0. The Hall–Kier alpha value is -2.93. The van der Waals surface area contributed by atoms with Gasteiger partial charge < -0.3 is 14.1 Å². The highest BCUT2D eigenvalue weighted by Gasteiger charge is 2.24. The average molecular weight is 325 g/mol. The molecular weight excluding hydrogens is 310 g/mol. The first-order chi connectivity index (χ1) is 11.7. The standard InChI is InChI=1S/C17H15N3O4/c21-20(22)15-11-16-13(10-14(15)19-6-8-23-9-7-19)18-17(24-16)12-4-2-1-3-5-12/h1-5,10-11H,6-9H2. The van der Waals surface area contributed by atoms with E-state index >= 15 is 0 Å². The predicted octanol–water partition coefficient (Wildman–Crippen LogP) is 3.24. The summed E-state index contributed by atoms with van der Waals surface area (Å²) in [5.41, 5.74) is 2.45. The zero-order valence-corrected chi connectivity index (χ0v) is 12.8. The monoisotopic (exact) mass is 325 g/mol. The second kappa shape index (κ2) is 5.93. The number of benzene rings is 2. The van der Waals surface area contributed by atoms with Crippen molar-refractivity contribution in [3.05, 3.63) is 52.6 Å². The molecule has 1 fully saturated rings. The lowest BCUT2D eigenvalue weighted by Gasteiger charge is -2.28. The number of ether oxygens (including phenoxy) is 1. The van der Waals surface area contributed by atoms with Gasteiger partial charge in [-0.15, -0.1) is 0 Å². The number of nitrogens with zero attached hydrogens (tertiary/aromatic N) is 3. The summed E-state index contributed by atoms with van der Waals surface area (Å²) < 4.78 is 11.1. The second-order valence-corrected chi connectivity index (χ2v) is 5.55. The molecule has 24 heavy (non-hydrogen) atoms. The first kappa shape index (κ1) is 14.6. The van der Waals surface area contributed by atoms with Crippen molar-refractivity contribution in [1.82, 2.24) is 4.98 Å². The molecule has 0 amide bonds. The van der Waals surface area contributed by atoms with Crippen molar-refractivity contribution in [3.8, 4) is 11.5 Å². The number of hydrogen-bond acceptors (Lipinski definition) is 6. The van der Waals surface area contributed by atoms with Crippen molar-refractivity contribution in [2.45, 2.75) is 0 Å². The molecule has 7 nitrogen and oxygen atoms in total. The van der Waals surface area contributed by atoms with E-state index in [2.05, 4.69) is 4.98 Å². The molecule has 4 rings (SSSR count). The van der Waals surface area contributed by atoms with Crippen LogP contribution in [-0.4, -0.2) is 36.2 Å². The van der Waals surface area contributed by atoms with Crippen LogP contribution in [0.5, 0.6) is 0 Å². The largest absolute Gasteiger partial charge is 0.436 e. The Morgan fingerprint density at radius 2 is 1.88 bits per heavy atom. The first-order valence-corrected chi connectivity index (χ1v) is 7.69. The zero-order valence-electron chi connectivity index (χ0n) is 12.8. The molecule has 1 saturated heterocycles. The van der Waals surface area contributed by atoms with E-state index in [1.165, 1.54) is 6.07 Å². The fourth-order valence-corrected chi connectivity index (χ4v) is 2.86. The summed E-state index contributed by atoms with van der Waals surface area (Å²) in [4.78, 5) is 17.5.